The van der Waals surface area contributed by atoms with E-state index in [0.717, 1.165) is 25.1 Å². The highest BCUT2D eigenvalue weighted by Gasteiger charge is 2.11. The van der Waals surface area contributed by atoms with Gasteiger partial charge >= 0.3 is 0 Å². The van der Waals surface area contributed by atoms with Crippen LogP contribution < -0.4 is 0 Å². The van der Waals surface area contributed by atoms with Gasteiger partial charge in [-0.1, -0.05) is 42.5 Å². The average molecular weight is 414 g/mol. The van der Waals surface area contributed by atoms with E-state index in [1.807, 2.05) is 24.3 Å². The summed E-state index contributed by atoms with van der Waals surface area (Å²) in [5.41, 5.74) is 2.74. The van der Waals surface area contributed by atoms with Gasteiger partial charge in [0.25, 0.3) is 0 Å². The second-order valence-corrected chi connectivity index (χ2v) is 8.71. The molecule has 0 amide bonds. The molecule has 0 aliphatic heterocycles. The maximum Gasteiger partial charge on any atom is 0.126 e. The van der Waals surface area contributed by atoms with E-state index < -0.39 is 10.8 Å². The fourth-order valence-electron chi connectivity index (χ4n) is 3.17. The van der Waals surface area contributed by atoms with Gasteiger partial charge in [0, 0.05) is 23.7 Å². The number of halogens is 2. The number of rotatable bonds is 9. The highest BCUT2D eigenvalue weighted by molar-refractivity contribution is 7.85. The summed E-state index contributed by atoms with van der Waals surface area (Å²) in [4.78, 5) is 2.88. The first-order chi connectivity index (χ1) is 14.0. The molecule has 3 rings (SSSR count). The van der Waals surface area contributed by atoms with Crippen molar-refractivity contribution in [2.45, 2.75) is 31.3 Å². The van der Waals surface area contributed by atoms with Gasteiger partial charge in [-0.05, 0) is 66.9 Å². The Labute approximate surface area is 173 Å². The molecule has 0 spiro atoms. The van der Waals surface area contributed by atoms with Gasteiger partial charge < -0.3 is 0 Å². The van der Waals surface area contributed by atoms with Gasteiger partial charge in [0.15, 0.2) is 0 Å². The molecule has 0 aliphatic rings. The molecule has 0 saturated heterocycles. The lowest BCUT2D eigenvalue weighted by molar-refractivity contribution is 0.257. The first-order valence-electron chi connectivity index (χ1n) is 9.66. The molecule has 5 heteroatoms. The van der Waals surface area contributed by atoms with E-state index in [1.54, 1.807) is 31.2 Å². The fourth-order valence-corrected chi connectivity index (χ4v) is 4.24. The second-order valence-electron chi connectivity index (χ2n) is 7.14. The summed E-state index contributed by atoms with van der Waals surface area (Å²) < 4.78 is 39.4. The molecular formula is C24H25F2NOS. The molecule has 0 radical (unpaired) electrons. The third-order valence-electron chi connectivity index (χ3n) is 4.77. The highest BCUT2D eigenvalue weighted by atomic mass is 32.2. The van der Waals surface area contributed by atoms with E-state index in [-0.39, 0.29) is 11.6 Å². The van der Waals surface area contributed by atoms with Crippen molar-refractivity contribution in [3.05, 3.63) is 101 Å². The first kappa shape index (κ1) is 21.3. The number of aryl methyl sites for hydroxylation is 1. The van der Waals surface area contributed by atoms with E-state index in [4.69, 9.17) is 0 Å². The summed E-state index contributed by atoms with van der Waals surface area (Å²) in [7, 11) is -1.16. The highest BCUT2D eigenvalue weighted by Crippen LogP contribution is 2.15. The minimum absolute atomic E-state index is 0.195. The number of hydrogen-bond donors (Lipinski definition) is 0. The molecule has 0 heterocycles. The van der Waals surface area contributed by atoms with Gasteiger partial charge in [-0.15, -0.1) is 0 Å². The Balaban J connectivity index is 1.63. The first-order valence-corrected chi connectivity index (χ1v) is 11.0. The van der Waals surface area contributed by atoms with Crippen molar-refractivity contribution in [3.63, 3.8) is 0 Å². The van der Waals surface area contributed by atoms with E-state index in [2.05, 4.69) is 17.0 Å². The van der Waals surface area contributed by atoms with Crippen LogP contribution in [-0.2, 0) is 23.9 Å². The van der Waals surface area contributed by atoms with Gasteiger partial charge in [0.1, 0.15) is 11.6 Å². The van der Waals surface area contributed by atoms with Gasteiger partial charge in [0.05, 0.1) is 10.8 Å². The Morgan fingerprint density at radius 2 is 1.55 bits per heavy atom. The van der Waals surface area contributed by atoms with Gasteiger partial charge in [-0.25, -0.2) is 8.78 Å². The van der Waals surface area contributed by atoms with Crippen LogP contribution >= 0.6 is 0 Å². The molecule has 0 saturated carbocycles. The summed E-state index contributed by atoms with van der Waals surface area (Å²) in [6, 6.07) is 21.3. The predicted octanol–water partition coefficient (Wildman–Crippen LogP) is 5.47. The summed E-state index contributed by atoms with van der Waals surface area (Å²) >= 11 is 0. The molecule has 0 unspecified atom stereocenters. The van der Waals surface area contributed by atoms with Crippen LogP contribution in [0.2, 0.25) is 0 Å². The Morgan fingerprint density at radius 3 is 2.24 bits per heavy atom. The Hall–Kier alpha value is -2.37. The summed E-state index contributed by atoms with van der Waals surface area (Å²) in [5.74, 6) is -0.0242. The molecule has 29 heavy (non-hydrogen) atoms. The number of nitrogens with zero attached hydrogens (tertiary/aromatic N) is 1. The molecular weight excluding hydrogens is 388 g/mol. The zero-order valence-electron chi connectivity index (χ0n) is 16.5. The third kappa shape index (κ3) is 6.58. The quantitative estimate of drug-likeness (QED) is 0.463. The van der Waals surface area contributed by atoms with E-state index in [9.17, 15) is 13.0 Å². The molecule has 3 aromatic rings. The number of hydrogen-bond acceptors (Lipinski definition) is 2. The van der Waals surface area contributed by atoms with Gasteiger partial charge in [-0.2, -0.15) is 0 Å². The van der Waals surface area contributed by atoms with E-state index in [0.29, 0.717) is 22.8 Å². The fraction of sp³-hybridized carbons (Fsp3) is 0.250. The lowest BCUT2D eigenvalue weighted by Gasteiger charge is -2.23. The zero-order valence-corrected chi connectivity index (χ0v) is 17.3. The average Bonchev–Trinajstić information content (AvgIpc) is 2.72. The van der Waals surface area contributed by atoms with Crippen LogP contribution in [-0.4, -0.2) is 21.4 Å². The van der Waals surface area contributed by atoms with Crippen molar-refractivity contribution < 1.29 is 13.0 Å². The third-order valence-corrected chi connectivity index (χ3v) is 6.23. The molecule has 152 valence electrons. The second kappa shape index (κ2) is 10.4. The number of benzene rings is 3. The summed E-state index contributed by atoms with van der Waals surface area (Å²) in [6.07, 6.45) is 0.727. The van der Waals surface area contributed by atoms with E-state index in [1.165, 1.54) is 17.7 Å². The zero-order chi connectivity index (χ0) is 20.6. The lowest BCUT2D eigenvalue weighted by atomic mass is 10.1. The molecule has 2 nitrogen and oxygen atoms in total. The normalized spacial score (nSPS) is 12.3. The van der Waals surface area contributed by atoms with Crippen molar-refractivity contribution in [1.82, 2.24) is 4.90 Å². The van der Waals surface area contributed by atoms with Crippen LogP contribution in [0, 0.1) is 18.6 Å². The van der Waals surface area contributed by atoms with Crippen molar-refractivity contribution in [3.8, 4) is 0 Å². The molecule has 0 fully saturated rings. The van der Waals surface area contributed by atoms with Crippen LogP contribution in [0.5, 0.6) is 0 Å². The SMILES string of the molecule is Cc1ccc(CN(CCC[S@@](=O)c2ccc(F)cc2)Cc2ccccc2)cc1F. The van der Waals surface area contributed by atoms with E-state index >= 15 is 0 Å². The van der Waals surface area contributed by atoms with Crippen LogP contribution in [0.25, 0.3) is 0 Å². The Kier molecular flexibility index (Phi) is 7.67. The summed E-state index contributed by atoms with van der Waals surface area (Å²) in [6.45, 7) is 3.84. The van der Waals surface area contributed by atoms with Crippen LogP contribution in [0.4, 0.5) is 8.78 Å². The molecule has 0 N–H and O–H groups in total. The lowest BCUT2D eigenvalue weighted by Crippen LogP contribution is -2.25. The largest absolute Gasteiger partial charge is 0.295 e. The standard InChI is InChI=1S/C24H25F2NOS/c1-19-8-9-21(16-24(19)26)18-27(17-20-6-3-2-4-7-20)14-5-15-29(28)23-12-10-22(25)11-13-23/h2-4,6-13,16H,5,14-15,17-18H2,1H3/t29-/m1/s1. The van der Waals surface area contributed by atoms with Gasteiger partial charge in [-0.3, -0.25) is 9.11 Å². The minimum Gasteiger partial charge on any atom is -0.295 e. The van der Waals surface area contributed by atoms with Crippen molar-refractivity contribution in [2.75, 3.05) is 12.3 Å². The van der Waals surface area contributed by atoms with Crippen molar-refractivity contribution in [2.24, 2.45) is 0 Å². The topological polar surface area (TPSA) is 20.3 Å². The van der Waals surface area contributed by atoms with Gasteiger partial charge in [0.2, 0.25) is 0 Å². The van der Waals surface area contributed by atoms with Crippen molar-refractivity contribution >= 4 is 10.8 Å². The smallest absolute Gasteiger partial charge is 0.126 e. The molecule has 3 aromatic carbocycles. The Morgan fingerprint density at radius 1 is 0.862 bits per heavy atom. The van der Waals surface area contributed by atoms with Crippen molar-refractivity contribution in [1.29, 1.82) is 0 Å². The minimum atomic E-state index is -1.16. The molecule has 1 atom stereocenters. The predicted molar refractivity (Wildman–Crippen MR) is 114 cm³/mol. The van der Waals surface area contributed by atoms with Crippen LogP contribution in [0.1, 0.15) is 23.1 Å². The molecule has 0 aromatic heterocycles. The monoisotopic (exact) mass is 413 g/mol. The maximum absolute atomic E-state index is 13.9. The van der Waals surface area contributed by atoms with Crippen LogP contribution in [0.3, 0.4) is 0 Å². The molecule has 0 bridgehead atoms. The van der Waals surface area contributed by atoms with Crippen LogP contribution in [0.15, 0.2) is 77.7 Å². The molecule has 0 aliphatic carbocycles. The summed E-state index contributed by atoms with van der Waals surface area (Å²) in [5, 5.41) is 0. The maximum atomic E-state index is 13.9. The Bertz CT molecular complexity index is 945.